The summed E-state index contributed by atoms with van der Waals surface area (Å²) in [4.78, 5) is 16.0. The molecule has 0 aliphatic carbocycles. The summed E-state index contributed by atoms with van der Waals surface area (Å²) in [5.41, 5.74) is 0.888. The second kappa shape index (κ2) is 6.47. The maximum Gasteiger partial charge on any atom is 0.252 e. The van der Waals surface area contributed by atoms with Gasteiger partial charge in [0.15, 0.2) is 0 Å². The van der Waals surface area contributed by atoms with Crippen molar-refractivity contribution in [2.45, 2.75) is 11.3 Å². The number of nitrogens with zero attached hydrogens (tertiary/aromatic N) is 1. The zero-order valence-corrected chi connectivity index (χ0v) is 12.0. The first-order chi connectivity index (χ1) is 9.98. The minimum absolute atomic E-state index is 0.0426. The average Bonchev–Trinajstić information content (AvgIpc) is 2.47. The van der Waals surface area contributed by atoms with Gasteiger partial charge >= 0.3 is 0 Å². The topological polar surface area (TPSA) is 102 Å². The Kier molecular flexibility index (Phi) is 4.66. The van der Waals surface area contributed by atoms with Crippen LogP contribution in [-0.4, -0.2) is 25.9 Å². The van der Waals surface area contributed by atoms with E-state index in [1.54, 1.807) is 12.3 Å². The Labute approximate surface area is 123 Å². The Hall–Kier alpha value is -2.25. The predicted octanol–water partition coefficient (Wildman–Crippen LogP) is 0.701. The summed E-state index contributed by atoms with van der Waals surface area (Å²) in [5, 5.41) is 7.76. The number of hydrogen-bond donors (Lipinski definition) is 2. The van der Waals surface area contributed by atoms with E-state index >= 15 is 0 Å². The molecule has 1 aromatic carbocycles. The molecule has 110 valence electrons. The lowest BCUT2D eigenvalue weighted by Crippen LogP contribution is -2.28. The van der Waals surface area contributed by atoms with Crippen LogP contribution in [0.3, 0.4) is 0 Å². The molecule has 0 bridgehead atoms. The second-order valence-electron chi connectivity index (χ2n) is 4.37. The molecule has 0 atom stereocenters. The molecular formula is C14H15N3O3S. The lowest BCUT2D eigenvalue weighted by molar-refractivity contribution is 0.0950. The fraction of sp³-hybridized carbons (Fsp3) is 0.143. The number of sulfonamides is 1. The van der Waals surface area contributed by atoms with Gasteiger partial charge in [-0.3, -0.25) is 9.78 Å². The quantitative estimate of drug-likeness (QED) is 0.849. The molecule has 1 aromatic heterocycles. The highest BCUT2D eigenvalue weighted by atomic mass is 32.2. The van der Waals surface area contributed by atoms with Crippen LogP contribution in [0.2, 0.25) is 0 Å². The van der Waals surface area contributed by atoms with E-state index in [1.807, 2.05) is 18.2 Å². The summed E-state index contributed by atoms with van der Waals surface area (Å²) >= 11 is 0. The third-order valence-corrected chi connectivity index (χ3v) is 3.80. The molecule has 7 heteroatoms. The van der Waals surface area contributed by atoms with Crippen molar-refractivity contribution in [1.29, 1.82) is 0 Å². The molecule has 2 rings (SSSR count). The molecule has 6 nitrogen and oxygen atoms in total. The first-order valence-corrected chi connectivity index (χ1v) is 7.83. The fourth-order valence-electron chi connectivity index (χ4n) is 1.85. The molecule has 0 fully saturated rings. The molecule has 0 saturated carbocycles. The Balaban J connectivity index is 2.05. The van der Waals surface area contributed by atoms with Gasteiger partial charge in [-0.2, -0.15) is 0 Å². The van der Waals surface area contributed by atoms with Gasteiger partial charge in [-0.15, -0.1) is 0 Å². The number of amides is 1. The van der Waals surface area contributed by atoms with Gasteiger partial charge in [0, 0.05) is 24.9 Å². The lowest BCUT2D eigenvalue weighted by atomic mass is 10.2. The van der Waals surface area contributed by atoms with Crippen LogP contribution in [0.15, 0.2) is 53.6 Å². The molecule has 1 heterocycles. The molecule has 1 amide bonds. The normalized spacial score (nSPS) is 11.1. The molecule has 21 heavy (non-hydrogen) atoms. The average molecular weight is 305 g/mol. The Bertz CT molecular complexity index is 730. The molecule has 0 radical (unpaired) electrons. The van der Waals surface area contributed by atoms with Crippen LogP contribution in [0.4, 0.5) is 0 Å². The van der Waals surface area contributed by atoms with E-state index in [0.717, 1.165) is 5.69 Å². The smallest absolute Gasteiger partial charge is 0.252 e. The van der Waals surface area contributed by atoms with E-state index in [-0.39, 0.29) is 10.5 Å². The second-order valence-corrected chi connectivity index (χ2v) is 5.90. The highest BCUT2D eigenvalue weighted by Crippen LogP contribution is 2.13. The summed E-state index contributed by atoms with van der Waals surface area (Å²) in [6, 6.07) is 11.4. The highest BCUT2D eigenvalue weighted by Gasteiger charge is 2.18. The van der Waals surface area contributed by atoms with Crippen molar-refractivity contribution in [3.8, 4) is 0 Å². The predicted molar refractivity (Wildman–Crippen MR) is 78.1 cm³/mol. The van der Waals surface area contributed by atoms with Crippen LogP contribution in [0, 0.1) is 0 Å². The Morgan fingerprint density at radius 3 is 2.52 bits per heavy atom. The molecule has 3 N–H and O–H groups in total. The van der Waals surface area contributed by atoms with Crippen molar-refractivity contribution in [2.24, 2.45) is 5.14 Å². The monoisotopic (exact) mass is 305 g/mol. The summed E-state index contributed by atoms with van der Waals surface area (Å²) in [6.45, 7) is 0.356. The van der Waals surface area contributed by atoms with Crippen LogP contribution < -0.4 is 10.5 Å². The number of benzene rings is 1. The number of pyridine rings is 1. The largest absolute Gasteiger partial charge is 0.352 e. The van der Waals surface area contributed by atoms with E-state index in [4.69, 9.17) is 5.14 Å². The van der Waals surface area contributed by atoms with Crippen LogP contribution in [0.25, 0.3) is 0 Å². The number of carbonyl (C=O) groups is 1. The van der Waals surface area contributed by atoms with Gasteiger partial charge in [0.25, 0.3) is 5.91 Å². The van der Waals surface area contributed by atoms with Crippen LogP contribution in [0.5, 0.6) is 0 Å². The Morgan fingerprint density at radius 2 is 1.86 bits per heavy atom. The standard InChI is InChI=1S/C14H15N3O3S/c15-21(19,20)13-7-2-1-6-12(13)14(18)17-10-8-11-5-3-4-9-16-11/h1-7,9H,8,10H2,(H,17,18)(H2,15,19,20). The van der Waals surface area contributed by atoms with Gasteiger partial charge in [-0.1, -0.05) is 18.2 Å². The summed E-state index contributed by atoms with van der Waals surface area (Å²) in [5.74, 6) is -0.476. The van der Waals surface area contributed by atoms with Gasteiger partial charge in [0.1, 0.15) is 0 Å². The zero-order valence-electron chi connectivity index (χ0n) is 11.2. The maximum atomic E-state index is 12.1. The van der Waals surface area contributed by atoms with Gasteiger partial charge in [-0.05, 0) is 24.3 Å². The van der Waals surface area contributed by atoms with Crippen LogP contribution in [-0.2, 0) is 16.4 Å². The lowest BCUT2D eigenvalue weighted by Gasteiger charge is -2.08. The van der Waals surface area contributed by atoms with E-state index < -0.39 is 15.9 Å². The molecule has 0 spiro atoms. The number of primary sulfonamides is 1. The summed E-state index contributed by atoms with van der Waals surface area (Å²) < 4.78 is 22.9. The molecular weight excluding hydrogens is 290 g/mol. The van der Waals surface area contributed by atoms with Crippen molar-refractivity contribution in [3.05, 3.63) is 59.9 Å². The number of aromatic nitrogens is 1. The van der Waals surface area contributed by atoms with E-state index in [1.165, 1.54) is 18.2 Å². The molecule has 0 aliphatic rings. The number of nitrogens with one attached hydrogen (secondary N) is 1. The minimum atomic E-state index is -3.93. The van der Waals surface area contributed by atoms with E-state index in [2.05, 4.69) is 10.3 Å². The zero-order chi connectivity index (χ0) is 15.3. The van der Waals surface area contributed by atoms with Crippen molar-refractivity contribution in [3.63, 3.8) is 0 Å². The maximum absolute atomic E-state index is 12.1. The van der Waals surface area contributed by atoms with Crippen LogP contribution >= 0.6 is 0 Å². The molecule has 0 aliphatic heterocycles. The summed E-state index contributed by atoms with van der Waals surface area (Å²) in [6.07, 6.45) is 2.23. The molecule has 2 aromatic rings. The number of hydrogen-bond acceptors (Lipinski definition) is 4. The first kappa shape index (κ1) is 15.1. The number of rotatable bonds is 5. The van der Waals surface area contributed by atoms with E-state index in [9.17, 15) is 13.2 Å². The van der Waals surface area contributed by atoms with Crippen molar-refractivity contribution < 1.29 is 13.2 Å². The van der Waals surface area contributed by atoms with E-state index in [0.29, 0.717) is 13.0 Å². The first-order valence-electron chi connectivity index (χ1n) is 6.28. The van der Waals surface area contributed by atoms with Gasteiger partial charge in [-0.25, -0.2) is 13.6 Å². The third-order valence-electron chi connectivity index (χ3n) is 2.83. The number of nitrogens with two attached hydrogens (primary N) is 1. The summed E-state index contributed by atoms with van der Waals surface area (Å²) in [7, 11) is -3.93. The molecule has 0 unspecified atom stereocenters. The fourth-order valence-corrected chi connectivity index (χ4v) is 2.58. The third kappa shape index (κ3) is 4.11. The minimum Gasteiger partial charge on any atom is -0.352 e. The van der Waals surface area contributed by atoms with Crippen LogP contribution in [0.1, 0.15) is 16.1 Å². The van der Waals surface area contributed by atoms with Crippen molar-refractivity contribution in [1.82, 2.24) is 10.3 Å². The SMILES string of the molecule is NS(=O)(=O)c1ccccc1C(=O)NCCc1ccccn1. The van der Waals surface area contributed by atoms with Gasteiger partial charge in [0.05, 0.1) is 10.5 Å². The van der Waals surface area contributed by atoms with Gasteiger partial charge < -0.3 is 5.32 Å². The Morgan fingerprint density at radius 1 is 1.14 bits per heavy atom. The number of carbonyl (C=O) groups excluding carboxylic acids is 1. The van der Waals surface area contributed by atoms with Crippen molar-refractivity contribution >= 4 is 15.9 Å². The van der Waals surface area contributed by atoms with Crippen molar-refractivity contribution in [2.75, 3.05) is 6.54 Å². The van der Waals surface area contributed by atoms with Gasteiger partial charge in [0.2, 0.25) is 10.0 Å². The highest BCUT2D eigenvalue weighted by molar-refractivity contribution is 7.89. The molecule has 0 saturated heterocycles.